The van der Waals surface area contributed by atoms with Gasteiger partial charge in [0.2, 0.25) is 0 Å². The maximum absolute atomic E-state index is 12.6. The number of nitro groups is 1. The van der Waals surface area contributed by atoms with Gasteiger partial charge in [-0.1, -0.05) is 53.7 Å². The Morgan fingerprint density at radius 1 is 1.12 bits per heavy atom. The molecule has 0 aliphatic rings. The summed E-state index contributed by atoms with van der Waals surface area (Å²) in [5, 5.41) is 13.7. The summed E-state index contributed by atoms with van der Waals surface area (Å²) in [7, 11) is 0. The van der Waals surface area contributed by atoms with Gasteiger partial charge in [0.1, 0.15) is 5.52 Å². The summed E-state index contributed by atoms with van der Waals surface area (Å²) in [6.45, 7) is -0.557. The second-order valence-electron chi connectivity index (χ2n) is 6.94. The Labute approximate surface area is 202 Å². The van der Waals surface area contributed by atoms with Gasteiger partial charge in [0, 0.05) is 17.9 Å². The molecule has 0 saturated heterocycles. The largest absolute Gasteiger partial charge is 0.452 e. The fourth-order valence-corrected chi connectivity index (χ4v) is 4.08. The number of nitro benzene ring substituents is 1. The molecule has 0 saturated carbocycles. The van der Waals surface area contributed by atoms with Gasteiger partial charge in [-0.25, -0.2) is 9.78 Å². The number of rotatable bonds is 8. The number of carbonyl (C=O) groups excluding carboxylic acids is 2. The number of fused-ring (bicyclic) bond motifs is 1. The van der Waals surface area contributed by atoms with E-state index >= 15 is 0 Å². The number of amides is 1. The number of esters is 1. The van der Waals surface area contributed by atoms with Gasteiger partial charge in [-0.05, 0) is 29.8 Å². The number of anilines is 1. The van der Waals surface area contributed by atoms with Crippen molar-refractivity contribution in [2.45, 2.75) is 11.0 Å². The normalized spacial score (nSPS) is 10.7. The summed E-state index contributed by atoms with van der Waals surface area (Å²) in [6, 6.07) is 17.9. The zero-order valence-electron chi connectivity index (χ0n) is 17.4. The number of benzene rings is 3. The molecule has 1 aromatic heterocycles. The zero-order valence-corrected chi connectivity index (χ0v) is 19.0. The number of ether oxygens (including phenoxy) is 1. The predicted molar refractivity (Wildman–Crippen MR) is 127 cm³/mol. The first kappa shape index (κ1) is 23.3. The van der Waals surface area contributed by atoms with Crippen LogP contribution in [-0.2, 0) is 15.3 Å². The zero-order chi connectivity index (χ0) is 24.1. The summed E-state index contributed by atoms with van der Waals surface area (Å²) in [5.74, 6) is -0.899. The number of para-hydroxylation sites is 2. The van der Waals surface area contributed by atoms with Crippen LogP contribution >= 0.6 is 23.4 Å². The Morgan fingerprint density at radius 3 is 2.65 bits per heavy atom. The Hall–Kier alpha value is -3.89. The third kappa shape index (κ3) is 5.53. The molecule has 1 amide bonds. The molecule has 0 bridgehead atoms. The first-order chi connectivity index (χ1) is 16.4. The van der Waals surface area contributed by atoms with Crippen molar-refractivity contribution < 1.29 is 23.7 Å². The molecule has 1 N–H and O–H groups in total. The van der Waals surface area contributed by atoms with Crippen LogP contribution in [0.4, 0.5) is 11.4 Å². The number of hydrogen-bond acceptors (Lipinski definition) is 8. The standard InChI is InChI=1S/C23H16ClN3O6S/c24-17-11-15(27(30)31)9-10-18(17)25-21(28)12-32-22(29)16-6-2-1-5-14(16)13-34-23-26-19-7-3-4-8-20(19)33-23/h1-11H,12-13H2,(H,25,28). The van der Waals surface area contributed by atoms with Gasteiger partial charge in [0.25, 0.3) is 16.8 Å². The topological polar surface area (TPSA) is 125 Å². The van der Waals surface area contributed by atoms with E-state index in [0.29, 0.717) is 27.7 Å². The van der Waals surface area contributed by atoms with Gasteiger partial charge in [-0.3, -0.25) is 14.9 Å². The van der Waals surface area contributed by atoms with Gasteiger partial charge in [-0.2, -0.15) is 0 Å². The van der Waals surface area contributed by atoms with Crippen molar-refractivity contribution >= 4 is 57.7 Å². The highest BCUT2D eigenvalue weighted by Gasteiger charge is 2.17. The molecule has 0 fully saturated rings. The number of nitrogens with zero attached hydrogens (tertiary/aromatic N) is 2. The van der Waals surface area contributed by atoms with E-state index in [1.165, 1.54) is 23.9 Å². The van der Waals surface area contributed by atoms with Gasteiger partial charge < -0.3 is 14.5 Å². The van der Waals surface area contributed by atoms with Crippen LogP contribution in [0.5, 0.6) is 0 Å². The molecule has 0 radical (unpaired) electrons. The smallest absolute Gasteiger partial charge is 0.338 e. The second-order valence-corrected chi connectivity index (χ2v) is 8.27. The maximum atomic E-state index is 12.6. The number of aromatic nitrogens is 1. The maximum Gasteiger partial charge on any atom is 0.338 e. The first-order valence-corrected chi connectivity index (χ1v) is 11.2. The quantitative estimate of drug-likeness (QED) is 0.147. The molecule has 34 heavy (non-hydrogen) atoms. The molecule has 0 aliphatic carbocycles. The van der Waals surface area contributed by atoms with Crippen molar-refractivity contribution in [1.29, 1.82) is 0 Å². The highest BCUT2D eigenvalue weighted by molar-refractivity contribution is 7.98. The molecule has 3 aromatic carbocycles. The van der Waals surface area contributed by atoms with E-state index in [4.69, 9.17) is 20.8 Å². The van der Waals surface area contributed by atoms with E-state index < -0.39 is 23.4 Å². The van der Waals surface area contributed by atoms with E-state index in [0.717, 1.165) is 11.6 Å². The lowest BCUT2D eigenvalue weighted by molar-refractivity contribution is -0.384. The van der Waals surface area contributed by atoms with Crippen molar-refractivity contribution in [3.63, 3.8) is 0 Å². The van der Waals surface area contributed by atoms with Crippen molar-refractivity contribution in [2.75, 3.05) is 11.9 Å². The molecule has 4 rings (SSSR count). The molecule has 0 unspecified atom stereocenters. The molecule has 4 aromatic rings. The minimum absolute atomic E-state index is 0.00422. The van der Waals surface area contributed by atoms with E-state index in [9.17, 15) is 19.7 Å². The first-order valence-electron chi connectivity index (χ1n) is 9.88. The van der Waals surface area contributed by atoms with Crippen LogP contribution in [0.15, 0.2) is 76.4 Å². The summed E-state index contributed by atoms with van der Waals surface area (Å²) in [5.41, 5.74) is 2.39. The number of non-ortho nitro benzene ring substituents is 1. The van der Waals surface area contributed by atoms with Crippen LogP contribution in [0.2, 0.25) is 5.02 Å². The molecule has 172 valence electrons. The number of hydrogen-bond donors (Lipinski definition) is 1. The van der Waals surface area contributed by atoms with Gasteiger partial charge in [0.05, 0.1) is 21.2 Å². The third-order valence-corrected chi connectivity index (χ3v) is 5.82. The second kappa shape index (κ2) is 10.4. The minimum Gasteiger partial charge on any atom is -0.452 e. The van der Waals surface area contributed by atoms with Crippen LogP contribution in [0, 0.1) is 10.1 Å². The lowest BCUT2D eigenvalue weighted by Crippen LogP contribution is -2.21. The molecule has 1 heterocycles. The average Bonchev–Trinajstić information content (AvgIpc) is 3.25. The van der Waals surface area contributed by atoms with Gasteiger partial charge in [-0.15, -0.1) is 0 Å². The lowest BCUT2D eigenvalue weighted by Gasteiger charge is -2.10. The molecule has 0 spiro atoms. The summed E-state index contributed by atoms with van der Waals surface area (Å²) in [6.07, 6.45) is 0. The van der Waals surface area contributed by atoms with E-state index in [1.54, 1.807) is 24.3 Å². The fourth-order valence-electron chi connectivity index (χ4n) is 3.01. The van der Waals surface area contributed by atoms with Crippen LogP contribution in [0.25, 0.3) is 11.1 Å². The average molecular weight is 498 g/mol. The van der Waals surface area contributed by atoms with Crippen molar-refractivity contribution in [2.24, 2.45) is 0 Å². The van der Waals surface area contributed by atoms with E-state index in [-0.39, 0.29) is 16.4 Å². The molecule has 11 heteroatoms. The third-order valence-electron chi connectivity index (χ3n) is 4.63. The van der Waals surface area contributed by atoms with Crippen molar-refractivity contribution in [3.05, 3.63) is 93.0 Å². The number of oxazole rings is 1. The molecular weight excluding hydrogens is 482 g/mol. The molecular formula is C23H16ClN3O6S. The Bertz CT molecular complexity index is 1360. The number of thioether (sulfide) groups is 1. The predicted octanol–water partition coefficient (Wildman–Crippen LogP) is 5.48. The highest BCUT2D eigenvalue weighted by atomic mass is 35.5. The van der Waals surface area contributed by atoms with Crippen LogP contribution in [-0.4, -0.2) is 28.4 Å². The summed E-state index contributed by atoms with van der Waals surface area (Å²) >= 11 is 7.30. The number of nitrogens with one attached hydrogen (secondary N) is 1. The summed E-state index contributed by atoms with van der Waals surface area (Å²) < 4.78 is 10.8. The highest BCUT2D eigenvalue weighted by Crippen LogP contribution is 2.28. The number of carbonyl (C=O) groups is 2. The Morgan fingerprint density at radius 2 is 1.88 bits per heavy atom. The Kier molecular flexibility index (Phi) is 7.09. The van der Waals surface area contributed by atoms with Crippen LogP contribution in [0.1, 0.15) is 15.9 Å². The van der Waals surface area contributed by atoms with Gasteiger partial charge in [0.15, 0.2) is 12.2 Å². The van der Waals surface area contributed by atoms with Crippen LogP contribution in [0.3, 0.4) is 0 Å². The van der Waals surface area contributed by atoms with Crippen LogP contribution < -0.4 is 5.32 Å². The van der Waals surface area contributed by atoms with E-state index in [1.807, 2.05) is 24.3 Å². The minimum atomic E-state index is -0.668. The molecule has 9 nitrogen and oxygen atoms in total. The van der Waals surface area contributed by atoms with Gasteiger partial charge >= 0.3 is 5.97 Å². The number of halogens is 1. The SMILES string of the molecule is O=C(COC(=O)c1ccccc1CSc1nc2ccccc2o1)Nc1ccc([N+](=O)[O-])cc1Cl. The monoisotopic (exact) mass is 497 g/mol. The molecule has 0 atom stereocenters. The fraction of sp³-hybridized carbons (Fsp3) is 0.0870. The van der Waals surface area contributed by atoms with Crippen molar-refractivity contribution in [3.8, 4) is 0 Å². The van der Waals surface area contributed by atoms with E-state index in [2.05, 4.69) is 10.3 Å². The summed E-state index contributed by atoms with van der Waals surface area (Å²) in [4.78, 5) is 39.4. The molecule has 0 aliphatic heterocycles. The Balaban J connectivity index is 1.36. The lowest BCUT2D eigenvalue weighted by atomic mass is 10.1. The van der Waals surface area contributed by atoms with Crippen molar-refractivity contribution in [1.82, 2.24) is 4.98 Å².